The van der Waals surface area contributed by atoms with Crippen LogP contribution in [-0.4, -0.2) is 17.0 Å². The van der Waals surface area contributed by atoms with E-state index in [-0.39, 0.29) is 12.3 Å². The molecule has 2 aromatic rings. The number of amides is 1. The van der Waals surface area contributed by atoms with Crippen molar-refractivity contribution in [2.24, 2.45) is 0 Å². The first-order chi connectivity index (χ1) is 10.9. The van der Waals surface area contributed by atoms with Crippen molar-refractivity contribution in [3.05, 3.63) is 57.2 Å². The topological polar surface area (TPSA) is 66.4 Å². The average Bonchev–Trinajstić information content (AvgIpc) is 3.06. The largest absolute Gasteiger partial charge is 0.479 e. The van der Waals surface area contributed by atoms with Crippen LogP contribution in [0.3, 0.4) is 0 Å². The van der Waals surface area contributed by atoms with Gasteiger partial charge in [0.25, 0.3) is 0 Å². The van der Waals surface area contributed by atoms with Gasteiger partial charge in [0, 0.05) is 5.02 Å². The van der Waals surface area contributed by atoms with Crippen LogP contribution in [0.4, 0.5) is 0 Å². The van der Waals surface area contributed by atoms with Crippen LogP contribution in [0.25, 0.3) is 0 Å². The molecule has 0 fully saturated rings. The first-order valence-corrected chi connectivity index (χ1v) is 8.56. The minimum absolute atomic E-state index is 0.228. The summed E-state index contributed by atoms with van der Waals surface area (Å²) >= 11 is 7.38. The Morgan fingerprint density at radius 1 is 1.30 bits per heavy atom. The van der Waals surface area contributed by atoms with E-state index in [1.54, 1.807) is 38.1 Å². The number of aliphatic carboxylic acids is 1. The maximum atomic E-state index is 12.6. The molecule has 1 amide bonds. The zero-order chi connectivity index (χ0) is 17.0. The van der Waals surface area contributed by atoms with Crippen molar-refractivity contribution >= 4 is 34.8 Å². The quantitative estimate of drug-likeness (QED) is 0.826. The zero-order valence-corrected chi connectivity index (χ0v) is 14.4. The minimum Gasteiger partial charge on any atom is -0.479 e. The van der Waals surface area contributed by atoms with Crippen molar-refractivity contribution in [2.75, 3.05) is 0 Å². The van der Waals surface area contributed by atoms with Crippen LogP contribution in [-0.2, 0) is 15.1 Å². The van der Waals surface area contributed by atoms with E-state index in [1.807, 2.05) is 16.8 Å². The highest BCUT2D eigenvalue weighted by Crippen LogP contribution is 2.29. The van der Waals surface area contributed by atoms with Gasteiger partial charge in [-0.2, -0.15) is 11.3 Å². The monoisotopic (exact) mass is 351 g/mol. The fourth-order valence-electron chi connectivity index (χ4n) is 2.42. The Balaban J connectivity index is 2.34. The van der Waals surface area contributed by atoms with Gasteiger partial charge in [0.15, 0.2) is 5.54 Å². The number of hydrogen-bond acceptors (Lipinski definition) is 3. The molecule has 0 aliphatic carbocycles. The Hall–Kier alpha value is -1.85. The molecule has 1 aromatic heterocycles. The molecule has 23 heavy (non-hydrogen) atoms. The number of carbonyl (C=O) groups excluding carboxylic acids is 1. The lowest BCUT2D eigenvalue weighted by molar-refractivity contribution is -0.148. The highest BCUT2D eigenvalue weighted by molar-refractivity contribution is 7.08. The number of benzene rings is 1. The molecule has 1 aromatic carbocycles. The van der Waals surface area contributed by atoms with Crippen molar-refractivity contribution < 1.29 is 14.7 Å². The van der Waals surface area contributed by atoms with Crippen molar-refractivity contribution in [3.63, 3.8) is 0 Å². The summed E-state index contributed by atoms with van der Waals surface area (Å²) in [4.78, 5) is 24.5. The molecule has 0 saturated carbocycles. The predicted octanol–water partition coefficient (Wildman–Crippen LogP) is 4.01. The van der Waals surface area contributed by atoms with Crippen LogP contribution < -0.4 is 5.32 Å². The number of halogens is 1. The van der Waals surface area contributed by atoms with E-state index in [9.17, 15) is 14.7 Å². The smallest absolute Gasteiger partial charge is 0.334 e. The lowest BCUT2D eigenvalue weighted by atomic mass is 9.86. The first-order valence-electron chi connectivity index (χ1n) is 7.24. The summed E-state index contributed by atoms with van der Waals surface area (Å²) in [7, 11) is 0. The molecule has 122 valence electrons. The number of carbonyl (C=O) groups is 2. The molecule has 2 rings (SSSR count). The summed E-state index contributed by atoms with van der Waals surface area (Å²) in [6, 6.07) is 8.38. The number of rotatable bonds is 6. The van der Waals surface area contributed by atoms with Crippen molar-refractivity contribution in [1.29, 1.82) is 0 Å². The third kappa shape index (κ3) is 3.57. The molecule has 0 spiro atoms. The molecule has 0 aliphatic rings. The molecule has 2 atom stereocenters. The number of hydrogen-bond donors (Lipinski definition) is 2. The lowest BCUT2D eigenvalue weighted by Crippen LogP contribution is -2.52. The number of carboxylic acid groups (broad SMARTS) is 1. The van der Waals surface area contributed by atoms with Crippen molar-refractivity contribution in [3.8, 4) is 0 Å². The fraction of sp³-hybridized carbons (Fsp3) is 0.294. The summed E-state index contributed by atoms with van der Waals surface area (Å²) in [5.74, 6) is -1.82. The van der Waals surface area contributed by atoms with E-state index in [4.69, 9.17) is 11.6 Å². The summed E-state index contributed by atoms with van der Waals surface area (Å²) in [6.07, 6.45) is 0.228. The van der Waals surface area contributed by atoms with Gasteiger partial charge >= 0.3 is 5.97 Å². The zero-order valence-electron chi connectivity index (χ0n) is 12.9. The maximum Gasteiger partial charge on any atom is 0.334 e. The summed E-state index contributed by atoms with van der Waals surface area (Å²) in [5, 5.41) is 16.8. The van der Waals surface area contributed by atoms with E-state index in [0.717, 1.165) is 5.56 Å². The Morgan fingerprint density at radius 3 is 2.43 bits per heavy atom. The van der Waals surface area contributed by atoms with Gasteiger partial charge in [-0.25, -0.2) is 4.79 Å². The molecule has 2 unspecified atom stereocenters. The Morgan fingerprint density at radius 2 is 1.96 bits per heavy atom. The van der Waals surface area contributed by atoms with E-state index in [1.165, 1.54) is 11.3 Å². The number of nitrogens with one attached hydrogen (secondary N) is 1. The van der Waals surface area contributed by atoms with Crippen LogP contribution in [0.5, 0.6) is 0 Å². The third-order valence-corrected chi connectivity index (χ3v) is 4.96. The fourth-order valence-corrected chi connectivity index (χ4v) is 3.30. The molecule has 4 nitrogen and oxygen atoms in total. The van der Waals surface area contributed by atoms with Crippen LogP contribution in [0.15, 0.2) is 41.1 Å². The van der Waals surface area contributed by atoms with E-state index in [2.05, 4.69) is 5.32 Å². The van der Waals surface area contributed by atoms with Gasteiger partial charge in [-0.05, 0) is 53.4 Å². The summed E-state index contributed by atoms with van der Waals surface area (Å²) in [5.41, 5.74) is -0.0897. The molecule has 0 aliphatic heterocycles. The standard InChI is InChI=1S/C17H18ClNO3S/c1-3-17(16(21)22,13-4-6-14(18)7-5-13)19-15(20)11(2)12-8-9-23-10-12/h4-11H,3H2,1-2H3,(H,19,20)(H,21,22). The molecule has 6 heteroatoms. The average molecular weight is 352 g/mol. The Labute approximate surface area is 144 Å². The van der Waals surface area contributed by atoms with E-state index in [0.29, 0.717) is 10.6 Å². The molecule has 0 bridgehead atoms. The van der Waals surface area contributed by atoms with Crippen molar-refractivity contribution in [1.82, 2.24) is 5.32 Å². The molecule has 2 N–H and O–H groups in total. The van der Waals surface area contributed by atoms with E-state index < -0.39 is 17.4 Å². The highest BCUT2D eigenvalue weighted by Gasteiger charge is 2.41. The molecular formula is C17H18ClNO3S. The van der Waals surface area contributed by atoms with Gasteiger partial charge in [-0.1, -0.05) is 30.7 Å². The second kappa shape index (κ2) is 7.15. The van der Waals surface area contributed by atoms with Gasteiger partial charge in [0.05, 0.1) is 5.92 Å². The molecule has 0 radical (unpaired) electrons. The van der Waals surface area contributed by atoms with Gasteiger partial charge in [0.2, 0.25) is 5.91 Å². The summed E-state index contributed by atoms with van der Waals surface area (Å²) < 4.78 is 0. The van der Waals surface area contributed by atoms with Crippen LogP contribution in [0.1, 0.15) is 37.3 Å². The van der Waals surface area contributed by atoms with Crippen LogP contribution in [0.2, 0.25) is 5.02 Å². The normalized spacial score (nSPS) is 14.7. The summed E-state index contributed by atoms with van der Waals surface area (Å²) in [6.45, 7) is 3.50. The Bertz CT molecular complexity index is 684. The predicted molar refractivity (Wildman–Crippen MR) is 91.9 cm³/mol. The Kier molecular flexibility index (Phi) is 5.44. The molecular weight excluding hydrogens is 334 g/mol. The maximum absolute atomic E-state index is 12.6. The van der Waals surface area contributed by atoms with Gasteiger partial charge in [-0.3, -0.25) is 4.79 Å². The second-order valence-corrected chi connectivity index (χ2v) is 6.56. The van der Waals surface area contributed by atoms with Gasteiger partial charge < -0.3 is 10.4 Å². The third-order valence-electron chi connectivity index (χ3n) is 4.01. The first kappa shape index (κ1) is 17.5. The molecule has 1 heterocycles. The number of thiophene rings is 1. The highest BCUT2D eigenvalue weighted by atomic mass is 35.5. The van der Waals surface area contributed by atoms with Gasteiger partial charge in [0.1, 0.15) is 0 Å². The lowest BCUT2D eigenvalue weighted by Gasteiger charge is -2.31. The van der Waals surface area contributed by atoms with E-state index >= 15 is 0 Å². The number of carboxylic acids is 1. The minimum atomic E-state index is -1.47. The van der Waals surface area contributed by atoms with Crippen molar-refractivity contribution in [2.45, 2.75) is 31.7 Å². The van der Waals surface area contributed by atoms with Gasteiger partial charge in [-0.15, -0.1) is 0 Å². The molecule has 0 saturated heterocycles. The van der Waals surface area contributed by atoms with Crippen LogP contribution in [0, 0.1) is 0 Å². The second-order valence-electron chi connectivity index (χ2n) is 5.34. The van der Waals surface area contributed by atoms with Crippen LogP contribution >= 0.6 is 22.9 Å². The SMILES string of the molecule is CCC(NC(=O)C(C)c1ccsc1)(C(=O)O)c1ccc(Cl)cc1.